The molecule has 0 saturated carbocycles. The maximum absolute atomic E-state index is 11.7. The maximum Gasteiger partial charge on any atom is 0.317 e. The van der Waals surface area contributed by atoms with Crippen molar-refractivity contribution in [2.24, 2.45) is 0 Å². The minimum absolute atomic E-state index is 0.547. The first-order valence-corrected chi connectivity index (χ1v) is 10.4. The monoisotopic (exact) mass is 445 g/mol. The lowest BCUT2D eigenvalue weighted by molar-refractivity contribution is -0.136. The lowest BCUT2D eigenvalue weighted by atomic mass is 10.2. The van der Waals surface area contributed by atoms with Crippen LogP contribution in [0.3, 0.4) is 0 Å². The lowest BCUT2D eigenvalue weighted by Crippen LogP contribution is -2.17. The number of aromatic nitrogens is 3. The van der Waals surface area contributed by atoms with E-state index in [4.69, 9.17) is 0 Å². The van der Waals surface area contributed by atoms with Gasteiger partial charge in [0.25, 0.3) is 0 Å². The molecular formula is C20H20BrN3O2S. The van der Waals surface area contributed by atoms with E-state index < -0.39 is 11.2 Å². The summed E-state index contributed by atoms with van der Waals surface area (Å²) in [4.78, 5) is 11.7. The van der Waals surface area contributed by atoms with Crippen molar-refractivity contribution < 1.29 is 9.90 Å². The van der Waals surface area contributed by atoms with E-state index in [-0.39, 0.29) is 0 Å². The zero-order valence-corrected chi connectivity index (χ0v) is 17.3. The molecule has 1 N–H and O–H groups in total. The number of benzene rings is 2. The first-order valence-electron chi connectivity index (χ1n) is 8.76. The Bertz CT molecular complexity index is 897. The van der Waals surface area contributed by atoms with E-state index in [1.165, 1.54) is 11.8 Å². The molecule has 0 fully saturated rings. The summed E-state index contributed by atoms with van der Waals surface area (Å²) >= 11 is 4.70. The Morgan fingerprint density at radius 1 is 1.15 bits per heavy atom. The number of carboxylic acid groups (broad SMARTS) is 1. The van der Waals surface area contributed by atoms with Gasteiger partial charge in [0.15, 0.2) is 11.0 Å². The van der Waals surface area contributed by atoms with Crippen molar-refractivity contribution >= 4 is 33.7 Å². The summed E-state index contributed by atoms with van der Waals surface area (Å²) in [5.74, 6) is -0.128. The van der Waals surface area contributed by atoms with Crippen LogP contribution >= 0.6 is 27.7 Å². The molecule has 140 valence electrons. The largest absolute Gasteiger partial charge is 0.480 e. The molecular weight excluding hydrogens is 426 g/mol. The number of para-hydroxylation sites is 1. The number of thioether (sulfide) groups is 1. The standard InChI is InChI=1S/C20H20BrN3O2S/c1-2-3-9-17(19(25)26)27-20-23-22-18(14-10-12-15(21)13-11-14)24(20)16-7-5-4-6-8-16/h4-8,10-13,17H,2-3,9H2,1H3,(H,25,26). The Balaban J connectivity index is 2.04. The molecule has 7 heteroatoms. The molecule has 0 aliphatic rings. The van der Waals surface area contributed by atoms with Crippen molar-refractivity contribution in [1.29, 1.82) is 0 Å². The average Bonchev–Trinajstić information content (AvgIpc) is 3.09. The van der Waals surface area contributed by atoms with E-state index in [1.807, 2.05) is 59.2 Å². The maximum atomic E-state index is 11.7. The van der Waals surface area contributed by atoms with E-state index in [0.717, 1.165) is 28.6 Å². The number of rotatable bonds is 8. The Labute approximate surface area is 171 Å². The van der Waals surface area contributed by atoms with Crippen molar-refractivity contribution in [2.75, 3.05) is 0 Å². The highest BCUT2D eigenvalue weighted by atomic mass is 79.9. The van der Waals surface area contributed by atoms with E-state index in [2.05, 4.69) is 33.1 Å². The number of nitrogens with zero attached hydrogens (tertiary/aromatic N) is 3. The third-order valence-electron chi connectivity index (χ3n) is 4.09. The molecule has 0 bridgehead atoms. The molecule has 0 aliphatic carbocycles. The summed E-state index contributed by atoms with van der Waals surface area (Å²) in [5.41, 5.74) is 1.82. The van der Waals surface area contributed by atoms with E-state index >= 15 is 0 Å². The average molecular weight is 446 g/mol. The minimum Gasteiger partial charge on any atom is -0.480 e. The third-order valence-corrected chi connectivity index (χ3v) is 5.82. The van der Waals surface area contributed by atoms with Crippen LogP contribution in [0.1, 0.15) is 26.2 Å². The molecule has 0 saturated heterocycles. The summed E-state index contributed by atoms with van der Waals surface area (Å²) < 4.78 is 2.91. The second-order valence-electron chi connectivity index (χ2n) is 6.07. The van der Waals surface area contributed by atoms with E-state index in [1.54, 1.807) is 0 Å². The van der Waals surface area contributed by atoms with Gasteiger partial charge < -0.3 is 5.11 Å². The topological polar surface area (TPSA) is 68.0 Å². The van der Waals surface area contributed by atoms with Crippen LogP contribution in [0.2, 0.25) is 0 Å². The number of carboxylic acids is 1. The van der Waals surface area contributed by atoms with Gasteiger partial charge in [-0.2, -0.15) is 0 Å². The lowest BCUT2D eigenvalue weighted by Gasteiger charge is -2.14. The zero-order chi connectivity index (χ0) is 19.2. The Kier molecular flexibility index (Phi) is 6.68. The van der Waals surface area contributed by atoms with Crippen LogP contribution < -0.4 is 0 Å². The molecule has 0 amide bonds. The van der Waals surface area contributed by atoms with Crippen LogP contribution in [0, 0.1) is 0 Å². The van der Waals surface area contributed by atoms with Crippen LogP contribution in [-0.2, 0) is 4.79 Å². The molecule has 1 heterocycles. The van der Waals surface area contributed by atoms with Crippen LogP contribution in [0.5, 0.6) is 0 Å². The first kappa shape index (κ1) is 19.6. The van der Waals surface area contributed by atoms with Crippen molar-refractivity contribution in [2.45, 2.75) is 36.6 Å². The SMILES string of the molecule is CCCCC(Sc1nnc(-c2ccc(Br)cc2)n1-c1ccccc1)C(=O)O. The Hall–Kier alpha value is -2.12. The fraction of sp³-hybridized carbons (Fsp3) is 0.250. The number of hydrogen-bond acceptors (Lipinski definition) is 4. The molecule has 1 aromatic heterocycles. The van der Waals surface area contributed by atoms with Crippen LogP contribution in [0.4, 0.5) is 0 Å². The predicted molar refractivity (Wildman–Crippen MR) is 111 cm³/mol. The first-order chi connectivity index (χ1) is 13.1. The van der Waals surface area contributed by atoms with Gasteiger partial charge in [-0.1, -0.05) is 77.8 Å². The van der Waals surface area contributed by atoms with Gasteiger partial charge in [-0.25, -0.2) is 0 Å². The molecule has 0 aliphatic heterocycles. The van der Waals surface area contributed by atoms with Crippen molar-refractivity contribution in [1.82, 2.24) is 14.8 Å². The van der Waals surface area contributed by atoms with Crippen molar-refractivity contribution in [3.05, 3.63) is 59.1 Å². The van der Waals surface area contributed by atoms with Crippen LogP contribution in [-0.4, -0.2) is 31.1 Å². The van der Waals surface area contributed by atoms with Crippen molar-refractivity contribution in [3.63, 3.8) is 0 Å². The summed E-state index contributed by atoms with van der Waals surface area (Å²) in [6, 6.07) is 17.6. The van der Waals surface area contributed by atoms with Gasteiger partial charge >= 0.3 is 5.97 Å². The second-order valence-corrected chi connectivity index (χ2v) is 8.16. The van der Waals surface area contributed by atoms with Gasteiger partial charge in [0.2, 0.25) is 0 Å². The van der Waals surface area contributed by atoms with Crippen LogP contribution in [0.15, 0.2) is 64.2 Å². The molecule has 3 aromatic rings. The molecule has 1 unspecified atom stereocenters. The number of aliphatic carboxylic acids is 1. The predicted octanol–water partition coefficient (Wildman–Crippen LogP) is 5.43. The highest BCUT2D eigenvalue weighted by Gasteiger charge is 2.24. The summed E-state index contributed by atoms with van der Waals surface area (Å²) in [6.45, 7) is 2.06. The molecule has 0 spiro atoms. The molecule has 27 heavy (non-hydrogen) atoms. The van der Waals surface area contributed by atoms with E-state index in [0.29, 0.717) is 17.4 Å². The normalized spacial score (nSPS) is 12.1. The summed E-state index contributed by atoms with van der Waals surface area (Å²) in [7, 11) is 0. The number of carbonyl (C=O) groups is 1. The van der Waals surface area contributed by atoms with E-state index in [9.17, 15) is 9.90 Å². The second kappa shape index (κ2) is 9.19. The highest BCUT2D eigenvalue weighted by Crippen LogP contribution is 2.32. The van der Waals surface area contributed by atoms with Gasteiger partial charge in [0.05, 0.1) is 0 Å². The van der Waals surface area contributed by atoms with Gasteiger partial charge in [-0.3, -0.25) is 9.36 Å². The third kappa shape index (κ3) is 4.78. The molecule has 0 radical (unpaired) electrons. The van der Waals surface area contributed by atoms with Crippen LogP contribution in [0.25, 0.3) is 17.1 Å². The van der Waals surface area contributed by atoms with Gasteiger partial charge in [0.1, 0.15) is 5.25 Å². The quantitative estimate of drug-likeness (QED) is 0.467. The smallest absolute Gasteiger partial charge is 0.317 e. The molecule has 1 atom stereocenters. The van der Waals surface area contributed by atoms with Gasteiger partial charge in [-0.05, 0) is 30.7 Å². The fourth-order valence-corrected chi connectivity index (χ4v) is 3.98. The fourth-order valence-electron chi connectivity index (χ4n) is 2.69. The van der Waals surface area contributed by atoms with Crippen molar-refractivity contribution in [3.8, 4) is 17.1 Å². The number of unbranched alkanes of at least 4 members (excludes halogenated alkanes) is 1. The number of hydrogen-bond donors (Lipinski definition) is 1. The molecule has 5 nitrogen and oxygen atoms in total. The summed E-state index contributed by atoms with van der Waals surface area (Å²) in [6.07, 6.45) is 2.43. The number of halogens is 1. The highest BCUT2D eigenvalue weighted by molar-refractivity contribution is 9.10. The molecule has 2 aromatic carbocycles. The minimum atomic E-state index is -0.818. The molecule has 3 rings (SSSR count). The van der Waals surface area contributed by atoms with Gasteiger partial charge in [-0.15, -0.1) is 10.2 Å². The Morgan fingerprint density at radius 3 is 2.48 bits per heavy atom. The Morgan fingerprint density at radius 2 is 1.85 bits per heavy atom. The zero-order valence-electron chi connectivity index (χ0n) is 14.9. The summed E-state index contributed by atoms with van der Waals surface area (Å²) in [5, 5.41) is 18.3. The van der Waals surface area contributed by atoms with Gasteiger partial charge in [0, 0.05) is 15.7 Å².